The topological polar surface area (TPSA) is 56.8 Å². The number of esters is 1. The first-order valence-corrected chi connectivity index (χ1v) is 7.17. The van der Waals surface area contributed by atoms with Gasteiger partial charge in [0.25, 0.3) is 0 Å². The average Bonchev–Trinajstić information content (AvgIpc) is 2.96. The molecule has 0 aromatic heterocycles. The number of cyclic esters (lactones) is 1. The van der Waals surface area contributed by atoms with Crippen LogP contribution in [0.4, 0.5) is 0 Å². The Kier molecular flexibility index (Phi) is 4.19. The van der Waals surface area contributed by atoms with Gasteiger partial charge in [0.2, 0.25) is 0 Å². The van der Waals surface area contributed by atoms with Crippen molar-refractivity contribution in [3.8, 4) is 11.5 Å². The Balaban J connectivity index is 1.84. The maximum absolute atomic E-state index is 12.0. The van der Waals surface area contributed by atoms with Gasteiger partial charge in [-0.15, -0.1) is 0 Å². The lowest BCUT2D eigenvalue weighted by molar-refractivity contribution is -0.139. The highest BCUT2D eigenvalue weighted by Crippen LogP contribution is 2.30. The van der Waals surface area contributed by atoms with Crippen LogP contribution in [0.2, 0.25) is 0 Å². The molecule has 0 aliphatic carbocycles. The highest BCUT2D eigenvalue weighted by molar-refractivity contribution is 5.95. The smallest absolute Gasteiger partial charge is 0.356 e. The monoisotopic (exact) mass is 311 g/mol. The first-order chi connectivity index (χ1) is 11.2. The molecule has 5 nitrogen and oxygen atoms in total. The SMILES string of the molecule is COc1ccc(/C=C2/NC(c3ccccc3)OC2=O)cc1OC. The van der Waals surface area contributed by atoms with E-state index in [2.05, 4.69) is 5.32 Å². The number of carbonyl (C=O) groups excluding carboxylic acids is 1. The summed E-state index contributed by atoms with van der Waals surface area (Å²) in [5.74, 6) is 0.861. The van der Waals surface area contributed by atoms with Crippen LogP contribution in [0, 0.1) is 0 Å². The molecular weight excluding hydrogens is 294 g/mol. The molecule has 3 rings (SSSR count). The molecule has 1 atom stereocenters. The van der Waals surface area contributed by atoms with Gasteiger partial charge in [0.1, 0.15) is 5.70 Å². The van der Waals surface area contributed by atoms with Gasteiger partial charge in [0.05, 0.1) is 14.2 Å². The van der Waals surface area contributed by atoms with Gasteiger partial charge in [-0.25, -0.2) is 4.79 Å². The number of ether oxygens (including phenoxy) is 3. The fraction of sp³-hybridized carbons (Fsp3) is 0.167. The lowest BCUT2D eigenvalue weighted by Gasteiger charge is -2.09. The van der Waals surface area contributed by atoms with Crippen LogP contribution in [0.5, 0.6) is 11.5 Å². The molecule has 0 saturated carbocycles. The number of benzene rings is 2. The van der Waals surface area contributed by atoms with Gasteiger partial charge in [-0.05, 0) is 23.8 Å². The van der Waals surface area contributed by atoms with E-state index >= 15 is 0 Å². The van der Waals surface area contributed by atoms with Crippen LogP contribution in [0.3, 0.4) is 0 Å². The standard InChI is InChI=1S/C18H17NO4/c1-21-15-9-8-12(11-16(15)22-2)10-14-18(20)23-17(19-14)13-6-4-3-5-7-13/h3-11,17,19H,1-2H3/b14-10+. The van der Waals surface area contributed by atoms with E-state index in [1.807, 2.05) is 36.4 Å². The highest BCUT2D eigenvalue weighted by atomic mass is 16.6. The molecule has 1 aliphatic rings. The summed E-state index contributed by atoms with van der Waals surface area (Å²) in [5.41, 5.74) is 2.12. The Morgan fingerprint density at radius 2 is 1.78 bits per heavy atom. The van der Waals surface area contributed by atoms with Crippen molar-refractivity contribution in [3.63, 3.8) is 0 Å². The third kappa shape index (κ3) is 3.13. The highest BCUT2D eigenvalue weighted by Gasteiger charge is 2.28. The van der Waals surface area contributed by atoms with Gasteiger partial charge in [0, 0.05) is 5.56 Å². The quantitative estimate of drug-likeness (QED) is 0.695. The van der Waals surface area contributed by atoms with Crippen LogP contribution in [0.15, 0.2) is 54.2 Å². The van der Waals surface area contributed by atoms with E-state index in [-0.39, 0.29) is 5.97 Å². The Hall–Kier alpha value is -2.95. The summed E-state index contributed by atoms with van der Waals surface area (Å²) in [6.45, 7) is 0. The number of rotatable bonds is 4. The van der Waals surface area contributed by atoms with Crippen LogP contribution in [0.1, 0.15) is 17.4 Å². The summed E-state index contributed by atoms with van der Waals surface area (Å²) in [6.07, 6.45) is 1.27. The van der Waals surface area contributed by atoms with E-state index < -0.39 is 6.23 Å². The second-order valence-corrected chi connectivity index (χ2v) is 5.01. The molecule has 0 spiro atoms. The normalized spacial score (nSPS) is 18.4. The first-order valence-electron chi connectivity index (χ1n) is 7.17. The van der Waals surface area contributed by atoms with Crippen molar-refractivity contribution in [2.24, 2.45) is 0 Å². The minimum atomic E-state index is -0.463. The first kappa shape index (κ1) is 15.0. The number of hydrogen-bond donors (Lipinski definition) is 1. The number of carbonyl (C=O) groups is 1. The van der Waals surface area contributed by atoms with Crippen molar-refractivity contribution in [3.05, 3.63) is 65.4 Å². The van der Waals surface area contributed by atoms with Gasteiger partial charge in [-0.3, -0.25) is 0 Å². The summed E-state index contributed by atoms with van der Waals surface area (Å²) in [4.78, 5) is 12.0. The number of nitrogens with one attached hydrogen (secondary N) is 1. The molecule has 2 aromatic rings. The van der Waals surface area contributed by atoms with E-state index in [0.29, 0.717) is 17.2 Å². The van der Waals surface area contributed by atoms with Crippen molar-refractivity contribution in [2.45, 2.75) is 6.23 Å². The predicted octanol–water partition coefficient (Wildman–Crippen LogP) is 2.89. The zero-order valence-electron chi connectivity index (χ0n) is 12.9. The fourth-order valence-electron chi connectivity index (χ4n) is 2.39. The molecular formula is C18H17NO4. The minimum Gasteiger partial charge on any atom is -0.493 e. The number of hydrogen-bond acceptors (Lipinski definition) is 5. The van der Waals surface area contributed by atoms with Crippen molar-refractivity contribution in [2.75, 3.05) is 14.2 Å². The van der Waals surface area contributed by atoms with E-state index in [1.54, 1.807) is 32.4 Å². The molecule has 5 heteroatoms. The van der Waals surface area contributed by atoms with Crippen molar-refractivity contribution in [1.29, 1.82) is 0 Å². The third-order valence-electron chi connectivity index (χ3n) is 3.55. The molecule has 0 amide bonds. The molecule has 2 aromatic carbocycles. The van der Waals surface area contributed by atoms with E-state index in [0.717, 1.165) is 11.1 Å². The van der Waals surface area contributed by atoms with Crippen LogP contribution in [-0.4, -0.2) is 20.2 Å². The molecule has 1 heterocycles. The van der Waals surface area contributed by atoms with Gasteiger partial charge >= 0.3 is 5.97 Å². The summed E-state index contributed by atoms with van der Waals surface area (Å²) in [6, 6.07) is 15.0. The van der Waals surface area contributed by atoms with Crippen molar-refractivity contribution in [1.82, 2.24) is 5.32 Å². The third-order valence-corrected chi connectivity index (χ3v) is 3.55. The Bertz CT molecular complexity index is 740. The van der Waals surface area contributed by atoms with Crippen molar-refractivity contribution < 1.29 is 19.0 Å². The van der Waals surface area contributed by atoms with Crippen LogP contribution >= 0.6 is 0 Å². The Morgan fingerprint density at radius 3 is 2.48 bits per heavy atom. The molecule has 1 saturated heterocycles. The van der Waals surface area contributed by atoms with E-state index in [1.165, 1.54) is 0 Å². The zero-order valence-corrected chi connectivity index (χ0v) is 12.9. The van der Waals surface area contributed by atoms with Gasteiger partial charge in [0.15, 0.2) is 17.7 Å². The Morgan fingerprint density at radius 1 is 1.04 bits per heavy atom. The maximum Gasteiger partial charge on any atom is 0.356 e. The van der Waals surface area contributed by atoms with Crippen LogP contribution < -0.4 is 14.8 Å². The summed E-state index contributed by atoms with van der Waals surface area (Å²) in [7, 11) is 3.15. The van der Waals surface area contributed by atoms with Crippen molar-refractivity contribution >= 4 is 12.0 Å². The van der Waals surface area contributed by atoms with E-state index in [4.69, 9.17) is 14.2 Å². The van der Waals surface area contributed by atoms with Gasteiger partial charge in [-0.1, -0.05) is 36.4 Å². The van der Waals surface area contributed by atoms with Crippen LogP contribution in [-0.2, 0) is 9.53 Å². The summed E-state index contributed by atoms with van der Waals surface area (Å²) in [5, 5.41) is 3.09. The second-order valence-electron chi connectivity index (χ2n) is 5.01. The second kappa shape index (κ2) is 6.44. The van der Waals surface area contributed by atoms with Crippen LogP contribution in [0.25, 0.3) is 6.08 Å². The molecule has 0 bridgehead atoms. The molecule has 1 aliphatic heterocycles. The molecule has 1 N–H and O–H groups in total. The lowest BCUT2D eigenvalue weighted by Crippen LogP contribution is -2.12. The molecule has 1 fully saturated rings. The van der Waals surface area contributed by atoms with Gasteiger partial charge in [-0.2, -0.15) is 0 Å². The lowest BCUT2D eigenvalue weighted by atomic mass is 10.1. The molecule has 23 heavy (non-hydrogen) atoms. The average molecular weight is 311 g/mol. The van der Waals surface area contributed by atoms with E-state index in [9.17, 15) is 4.79 Å². The fourth-order valence-corrected chi connectivity index (χ4v) is 2.39. The Labute approximate surface area is 134 Å². The zero-order chi connectivity index (χ0) is 16.2. The summed E-state index contributed by atoms with van der Waals surface area (Å²) >= 11 is 0. The largest absolute Gasteiger partial charge is 0.493 e. The predicted molar refractivity (Wildman–Crippen MR) is 85.9 cm³/mol. The molecule has 0 radical (unpaired) electrons. The van der Waals surface area contributed by atoms with Gasteiger partial charge < -0.3 is 19.5 Å². The summed E-state index contributed by atoms with van der Waals surface area (Å²) < 4.78 is 15.8. The molecule has 1 unspecified atom stereocenters. The minimum absolute atomic E-state index is 0.381. The maximum atomic E-state index is 12.0. The molecule has 118 valence electrons. The number of methoxy groups -OCH3 is 2.